The molecule has 0 spiro atoms. The van der Waals surface area contributed by atoms with Gasteiger partial charge < -0.3 is 4.74 Å². The lowest BCUT2D eigenvalue weighted by Crippen LogP contribution is -2.03. The van der Waals surface area contributed by atoms with Crippen LogP contribution in [0.3, 0.4) is 0 Å². The van der Waals surface area contributed by atoms with Crippen LogP contribution in [-0.4, -0.2) is 9.91 Å². The molecule has 0 unspecified atom stereocenters. The van der Waals surface area contributed by atoms with Crippen molar-refractivity contribution in [2.24, 2.45) is 0 Å². The average molecular weight is 396 g/mol. The Labute approximate surface area is 136 Å². The summed E-state index contributed by atoms with van der Waals surface area (Å²) in [7, 11) is 0. The highest BCUT2D eigenvalue weighted by molar-refractivity contribution is 9.10. The van der Waals surface area contributed by atoms with Gasteiger partial charge in [0.1, 0.15) is 17.6 Å². The molecule has 0 bridgehead atoms. The smallest absolute Gasteiger partial charge is 0.315 e. The van der Waals surface area contributed by atoms with Crippen LogP contribution in [-0.2, 0) is 6.61 Å². The third-order valence-corrected chi connectivity index (χ3v) is 3.57. The van der Waals surface area contributed by atoms with Crippen molar-refractivity contribution in [1.82, 2.24) is 4.98 Å². The number of benzene rings is 1. The molecule has 0 N–H and O–H groups in total. The van der Waals surface area contributed by atoms with Crippen LogP contribution in [0.5, 0.6) is 5.75 Å². The maximum absolute atomic E-state index is 13.2. The van der Waals surface area contributed by atoms with Gasteiger partial charge in [-0.1, -0.05) is 23.2 Å². The Hall–Kier alpha value is -1.44. The maximum atomic E-state index is 13.2. The molecule has 0 saturated heterocycles. The summed E-state index contributed by atoms with van der Waals surface area (Å²) in [6.07, 6.45) is 0. The minimum absolute atomic E-state index is 0.112. The van der Waals surface area contributed by atoms with Crippen molar-refractivity contribution in [2.45, 2.75) is 6.61 Å². The van der Waals surface area contributed by atoms with Crippen LogP contribution in [0.15, 0.2) is 28.7 Å². The molecule has 2 rings (SSSR count). The first-order valence-corrected chi connectivity index (χ1v) is 7.00. The Morgan fingerprint density at radius 2 is 2.10 bits per heavy atom. The molecule has 9 heteroatoms. The molecule has 110 valence electrons. The Morgan fingerprint density at radius 3 is 2.76 bits per heavy atom. The summed E-state index contributed by atoms with van der Waals surface area (Å²) in [6.45, 7) is -0.148. The van der Waals surface area contributed by atoms with Gasteiger partial charge in [-0.05, 0) is 34.1 Å². The largest absolute Gasteiger partial charge is 0.479 e. The zero-order chi connectivity index (χ0) is 15.6. The SMILES string of the molecule is O=[N+]([O-])c1cc(F)cc(Br)c1OCc1nc(Cl)ccc1Cl. The van der Waals surface area contributed by atoms with E-state index in [1.54, 1.807) is 0 Å². The highest BCUT2D eigenvalue weighted by Gasteiger charge is 2.21. The van der Waals surface area contributed by atoms with Gasteiger partial charge in [0.2, 0.25) is 5.75 Å². The Kier molecular flexibility index (Phi) is 4.97. The zero-order valence-electron chi connectivity index (χ0n) is 10.1. The average Bonchev–Trinajstić information content (AvgIpc) is 2.40. The lowest BCUT2D eigenvalue weighted by molar-refractivity contribution is -0.386. The van der Waals surface area contributed by atoms with Crippen LogP contribution < -0.4 is 4.74 Å². The first-order valence-electron chi connectivity index (χ1n) is 5.45. The molecule has 0 atom stereocenters. The second kappa shape index (κ2) is 6.55. The van der Waals surface area contributed by atoms with E-state index in [1.807, 2.05) is 0 Å². The number of ether oxygens (including phenoxy) is 1. The number of rotatable bonds is 4. The summed E-state index contributed by atoms with van der Waals surface area (Å²) in [5, 5.41) is 11.5. The maximum Gasteiger partial charge on any atom is 0.315 e. The van der Waals surface area contributed by atoms with Crippen molar-refractivity contribution in [3.63, 3.8) is 0 Å². The number of pyridine rings is 1. The van der Waals surface area contributed by atoms with Gasteiger partial charge >= 0.3 is 5.69 Å². The predicted molar refractivity (Wildman–Crippen MR) is 79.3 cm³/mol. The normalized spacial score (nSPS) is 10.5. The molecule has 1 heterocycles. The highest BCUT2D eigenvalue weighted by Crippen LogP contribution is 2.36. The molecule has 0 saturated carbocycles. The van der Waals surface area contributed by atoms with Crippen molar-refractivity contribution >= 4 is 44.8 Å². The van der Waals surface area contributed by atoms with Crippen molar-refractivity contribution in [1.29, 1.82) is 0 Å². The van der Waals surface area contributed by atoms with Gasteiger partial charge in [-0.25, -0.2) is 9.37 Å². The van der Waals surface area contributed by atoms with Crippen molar-refractivity contribution in [2.75, 3.05) is 0 Å². The van der Waals surface area contributed by atoms with Gasteiger partial charge in [0.05, 0.1) is 26.2 Å². The van der Waals surface area contributed by atoms with Crippen LogP contribution in [0.25, 0.3) is 0 Å². The Bertz CT molecular complexity index is 715. The fraction of sp³-hybridized carbons (Fsp3) is 0.0833. The molecule has 0 fully saturated rings. The summed E-state index contributed by atoms with van der Waals surface area (Å²) in [4.78, 5) is 14.2. The van der Waals surface area contributed by atoms with E-state index in [0.29, 0.717) is 10.7 Å². The molecule has 0 amide bonds. The van der Waals surface area contributed by atoms with E-state index in [0.717, 1.165) is 12.1 Å². The fourth-order valence-electron chi connectivity index (χ4n) is 1.52. The van der Waals surface area contributed by atoms with Crippen LogP contribution in [0.1, 0.15) is 5.69 Å². The number of hydrogen-bond acceptors (Lipinski definition) is 4. The first kappa shape index (κ1) is 15.9. The van der Waals surface area contributed by atoms with Gasteiger partial charge in [-0.3, -0.25) is 10.1 Å². The summed E-state index contributed by atoms with van der Waals surface area (Å²) in [5.41, 5.74) is -0.185. The summed E-state index contributed by atoms with van der Waals surface area (Å²) >= 11 is 14.7. The quantitative estimate of drug-likeness (QED) is 0.424. The third-order valence-electron chi connectivity index (χ3n) is 2.42. The van der Waals surface area contributed by atoms with Crippen LogP contribution in [0.4, 0.5) is 10.1 Å². The lowest BCUT2D eigenvalue weighted by atomic mass is 10.3. The monoisotopic (exact) mass is 394 g/mol. The van der Waals surface area contributed by atoms with Crippen molar-refractivity contribution < 1.29 is 14.1 Å². The van der Waals surface area contributed by atoms with E-state index in [4.69, 9.17) is 27.9 Å². The fourth-order valence-corrected chi connectivity index (χ4v) is 2.39. The van der Waals surface area contributed by atoms with Gasteiger partial charge in [-0.2, -0.15) is 0 Å². The molecular formula is C12H6BrCl2FN2O3. The topological polar surface area (TPSA) is 65.3 Å². The van der Waals surface area contributed by atoms with Gasteiger partial charge in [0.25, 0.3) is 0 Å². The molecular weight excluding hydrogens is 390 g/mol. The Balaban J connectivity index is 2.32. The minimum Gasteiger partial charge on any atom is -0.479 e. The molecule has 1 aromatic carbocycles. The molecule has 5 nitrogen and oxygen atoms in total. The summed E-state index contributed by atoms with van der Waals surface area (Å²) in [6, 6.07) is 4.87. The van der Waals surface area contributed by atoms with E-state index in [2.05, 4.69) is 20.9 Å². The standard InChI is InChI=1S/C12H6BrCl2FN2O3/c13-7-3-6(16)4-10(18(19)20)12(7)21-5-9-8(14)1-2-11(15)17-9/h1-4H,5H2. The van der Waals surface area contributed by atoms with E-state index in [-0.39, 0.29) is 22.0 Å². The molecule has 1 aromatic heterocycles. The van der Waals surface area contributed by atoms with Crippen LogP contribution in [0, 0.1) is 15.9 Å². The first-order chi connectivity index (χ1) is 9.88. The molecule has 0 aliphatic carbocycles. The Morgan fingerprint density at radius 1 is 1.38 bits per heavy atom. The number of nitrogens with zero attached hydrogens (tertiary/aromatic N) is 2. The zero-order valence-corrected chi connectivity index (χ0v) is 13.2. The molecule has 0 aliphatic rings. The lowest BCUT2D eigenvalue weighted by Gasteiger charge is -2.09. The van der Waals surface area contributed by atoms with Crippen LogP contribution in [0.2, 0.25) is 10.2 Å². The summed E-state index contributed by atoms with van der Waals surface area (Å²) in [5.74, 6) is -0.862. The van der Waals surface area contributed by atoms with Gasteiger partial charge in [0, 0.05) is 0 Å². The number of hydrogen-bond donors (Lipinski definition) is 0. The van der Waals surface area contributed by atoms with E-state index in [9.17, 15) is 14.5 Å². The molecule has 0 aliphatic heterocycles. The second-order valence-corrected chi connectivity index (χ2v) is 5.49. The number of halogens is 4. The number of nitro benzene ring substituents is 1. The van der Waals surface area contributed by atoms with Gasteiger partial charge in [0.15, 0.2) is 0 Å². The molecule has 2 aromatic rings. The number of nitro groups is 1. The number of aromatic nitrogens is 1. The highest BCUT2D eigenvalue weighted by atomic mass is 79.9. The molecule has 21 heavy (non-hydrogen) atoms. The predicted octanol–water partition coefficient (Wildman–Crippen LogP) is 4.78. The van der Waals surface area contributed by atoms with Gasteiger partial charge in [-0.15, -0.1) is 0 Å². The second-order valence-electron chi connectivity index (χ2n) is 3.84. The van der Waals surface area contributed by atoms with E-state index in [1.165, 1.54) is 12.1 Å². The van der Waals surface area contributed by atoms with Crippen molar-refractivity contribution in [3.8, 4) is 5.75 Å². The minimum atomic E-state index is -0.750. The van der Waals surface area contributed by atoms with Crippen molar-refractivity contribution in [3.05, 3.63) is 60.5 Å². The van der Waals surface area contributed by atoms with Crippen LogP contribution >= 0.6 is 39.1 Å². The van der Waals surface area contributed by atoms with E-state index >= 15 is 0 Å². The molecule has 0 radical (unpaired) electrons. The third kappa shape index (κ3) is 3.81. The van der Waals surface area contributed by atoms with E-state index < -0.39 is 16.4 Å². The summed E-state index contributed by atoms with van der Waals surface area (Å²) < 4.78 is 18.7.